The van der Waals surface area contributed by atoms with Gasteiger partial charge >= 0.3 is 12.3 Å². The Balaban J connectivity index is 1.91. The van der Waals surface area contributed by atoms with Crippen LogP contribution in [0.25, 0.3) is 0 Å². The lowest BCUT2D eigenvalue weighted by atomic mass is 10.1. The maximum absolute atomic E-state index is 12.0. The minimum absolute atomic E-state index is 0.0125. The first kappa shape index (κ1) is 16.1. The summed E-state index contributed by atoms with van der Waals surface area (Å²) in [5.74, 6) is -2.07. The fourth-order valence-corrected chi connectivity index (χ4v) is 2.28. The number of ether oxygens (including phenoxy) is 1. The lowest BCUT2D eigenvalue weighted by Crippen LogP contribution is -2.31. The average molecular weight is 317 g/mol. The van der Waals surface area contributed by atoms with Gasteiger partial charge in [-0.2, -0.15) is 0 Å². The molecular formula is C14H14F3NO4. The van der Waals surface area contributed by atoms with Crippen molar-refractivity contribution in [1.29, 1.82) is 0 Å². The molecule has 8 heteroatoms. The van der Waals surface area contributed by atoms with E-state index in [1.54, 1.807) is 0 Å². The van der Waals surface area contributed by atoms with Crippen LogP contribution in [0.1, 0.15) is 12.0 Å². The zero-order chi connectivity index (χ0) is 16.3. The molecule has 0 bridgehead atoms. The summed E-state index contributed by atoms with van der Waals surface area (Å²) < 4.78 is 39.8. The molecule has 120 valence electrons. The van der Waals surface area contributed by atoms with Gasteiger partial charge in [-0.15, -0.1) is 13.2 Å². The lowest BCUT2D eigenvalue weighted by Gasteiger charge is -2.16. The summed E-state index contributed by atoms with van der Waals surface area (Å²) in [5, 5.41) is 8.88. The number of nitrogens with zero attached hydrogens (tertiary/aromatic N) is 1. The standard InChI is InChI=1S/C14H14F3NO4/c15-14(16,17)22-11-3-1-9(2-4-11)7-12(19)18-6-5-10(8-18)13(20)21/h1-4,10H,5-8H2,(H,20,21). The van der Waals surface area contributed by atoms with Crippen LogP contribution in [0, 0.1) is 5.92 Å². The van der Waals surface area contributed by atoms with E-state index in [-0.39, 0.29) is 24.6 Å². The number of alkyl halides is 3. The Labute approximate surface area is 124 Å². The molecule has 1 atom stereocenters. The van der Waals surface area contributed by atoms with Crippen molar-refractivity contribution in [3.8, 4) is 5.75 Å². The SMILES string of the molecule is O=C(O)C1CCN(C(=O)Cc2ccc(OC(F)(F)F)cc2)C1. The van der Waals surface area contributed by atoms with E-state index >= 15 is 0 Å². The zero-order valence-electron chi connectivity index (χ0n) is 11.5. The Morgan fingerprint density at radius 3 is 2.41 bits per heavy atom. The van der Waals surface area contributed by atoms with Gasteiger partial charge in [-0.25, -0.2) is 0 Å². The van der Waals surface area contributed by atoms with Crippen molar-refractivity contribution in [3.63, 3.8) is 0 Å². The van der Waals surface area contributed by atoms with Gasteiger partial charge in [-0.3, -0.25) is 9.59 Å². The van der Waals surface area contributed by atoms with Crippen molar-refractivity contribution in [2.75, 3.05) is 13.1 Å². The summed E-state index contributed by atoms with van der Waals surface area (Å²) in [4.78, 5) is 24.3. The molecule has 1 aromatic carbocycles. The summed E-state index contributed by atoms with van der Waals surface area (Å²) in [6.07, 6.45) is -4.32. The van der Waals surface area contributed by atoms with E-state index in [0.29, 0.717) is 18.5 Å². The van der Waals surface area contributed by atoms with Gasteiger partial charge in [0.05, 0.1) is 12.3 Å². The monoisotopic (exact) mass is 317 g/mol. The van der Waals surface area contributed by atoms with Crippen LogP contribution in [-0.2, 0) is 16.0 Å². The Bertz CT molecular complexity index is 556. The minimum Gasteiger partial charge on any atom is -0.481 e. The van der Waals surface area contributed by atoms with Crippen LogP contribution < -0.4 is 4.74 Å². The van der Waals surface area contributed by atoms with Gasteiger partial charge in [0.2, 0.25) is 5.91 Å². The highest BCUT2D eigenvalue weighted by molar-refractivity contribution is 5.80. The van der Waals surface area contributed by atoms with E-state index in [1.165, 1.54) is 17.0 Å². The number of carboxylic acid groups (broad SMARTS) is 1. The van der Waals surface area contributed by atoms with Gasteiger partial charge in [-0.05, 0) is 24.1 Å². The average Bonchev–Trinajstić information content (AvgIpc) is 2.89. The van der Waals surface area contributed by atoms with Crippen LogP contribution in [0.15, 0.2) is 24.3 Å². The van der Waals surface area contributed by atoms with Crippen molar-refractivity contribution in [3.05, 3.63) is 29.8 Å². The highest BCUT2D eigenvalue weighted by atomic mass is 19.4. The molecular weight excluding hydrogens is 303 g/mol. The molecule has 0 saturated carbocycles. The first-order valence-electron chi connectivity index (χ1n) is 6.60. The van der Waals surface area contributed by atoms with Crippen molar-refractivity contribution in [2.45, 2.75) is 19.2 Å². The van der Waals surface area contributed by atoms with Crippen LogP contribution >= 0.6 is 0 Å². The molecule has 1 unspecified atom stereocenters. The molecule has 0 aromatic heterocycles. The fraction of sp³-hybridized carbons (Fsp3) is 0.429. The number of hydrogen-bond acceptors (Lipinski definition) is 3. The molecule has 1 aliphatic rings. The largest absolute Gasteiger partial charge is 0.573 e. The van der Waals surface area contributed by atoms with Gasteiger partial charge in [0, 0.05) is 13.1 Å². The third-order valence-electron chi connectivity index (χ3n) is 3.40. The number of likely N-dealkylation sites (tertiary alicyclic amines) is 1. The molecule has 1 aromatic rings. The highest BCUT2D eigenvalue weighted by Crippen LogP contribution is 2.23. The third-order valence-corrected chi connectivity index (χ3v) is 3.40. The second-order valence-corrected chi connectivity index (χ2v) is 5.03. The van der Waals surface area contributed by atoms with E-state index in [2.05, 4.69) is 4.74 Å². The molecule has 1 heterocycles. The zero-order valence-corrected chi connectivity index (χ0v) is 11.5. The maximum atomic E-state index is 12.0. The molecule has 5 nitrogen and oxygen atoms in total. The molecule has 0 radical (unpaired) electrons. The van der Waals surface area contributed by atoms with Crippen molar-refractivity contribution < 1.29 is 32.6 Å². The molecule has 2 rings (SSSR count). The van der Waals surface area contributed by atoms with E-state index in [0.717, 1.165) is 12.1 Å². The summed E-state index contributed by atoms with van der Waals surface area (Å²) in [5.41, 5.74) is 0.540. The number of benzene rings is 1. The fourth-order valence-electron chi connectivity index (χ4n) is 2.28. The molecule has 1 saturated heterocycles. The predicted molar refractivity (Wildman–Crippen MR) is 69.2 cm³/mol. The number of carbonyl (C=O) groups excluding carboxylic acids is 1. The first-order valence-corrected chi connectivity index (χ1v) is 6.60. The number of hydrogen-bond donors (Lipinski definition) is 1. The van der Waals surface area contributed by atoms with Crippen LogP contribution in [0.2, 0.25) is 0 Å². The molecule has 1 amide bonds. The van der Waals surface area contributed by atoms with Crippen LogP contribution in [0.4, 0.5) is 13.2 Å². The number of carboxylic acids is 1. The lowest BCUT2D eigenvalue weighted by molar-refractivity contribution is -0.274. The first-order chi connectivity index (χ1) is 10.2. The predicted octanol–water partition coefficient (Wildman–Crippen LogP) is 2.06. The minimum atomic E-state index is -4.75. The number of amides is 1. The van der Waals surface area contributed by atoms with Crippen LogP contribution in [0.5, 0.6) is 5.75 Å². The quantitative estimate of drug-likeness (QED) is 0.923. The normalized spacial score (nSPS) is 18.3. The topological polar surface area (TPSA) is 66.8 Å². The van der Waals surface area contributed by atoms with Crippen molar-refractivity contribution in [1.82, 2.24) is 4.90 Å². The van der Waals surface area contributed by atoms with Crippen LogP contribution in [-0.4, -0.2) is 41.3 Å². The van der Waals surface area contributed by atoms with E-state index in [9.17, 15) is 22.8 Å². The molecule has 1 N–H and O–H groups in total. The van der Waals surface area contributed by atoms with Crippen LogP contribution in [0.3, 0.4) is 0 Å². The van der Waals surface area contributed by atoms with Gasteiger partial charge in [0.25, 0.3) is 0 Å². The third kappa shape index (κ3) is 4.37. The Kier molecular flexibility index (Phi) is 4.58. The second kappa shape index (κ2) is 6.25. The summed E-state index contributed by atoms with van der Waals surface area (Å²) >= 11 is 0. The van der Waals surface area contributed by atoms with E-state index in [4.69, 9.17) is 5.11 Å². The summed E-state index contributed by atoms with van der Waals surface area (Å²) in [6, 6.07) is 5.04. The van der Waals surface area contributed by atoms with Gasteiger partial charge in [0.15, 0.2) is 0 Å². The number of halogens is 3. The molecule has 1 fully saturated rings. The summed E-state index contributed by atoms with van der Waals surface area (Å²) in [7, 11) is 0. The number of aliphatic carboxylic acids is 1. The summed E-state index contributed by atoms with van der Waals surface area (Å²) in [6.45, 7) is 0.550. The Morgan fingerprint density at radius 2 is 1.91 bits per heavy atom. The smallest absolute Gasteiger partial charge is 0.481 e. The Morgan fingerprint density at radius 1 is 1.27 bits per heavy atom. The van der Waals surface area contributed by atoms with Gasteiger partial charge in [0.1, 0.15) is 5.75 Å². The second-order valence-electron chi connectivity index (χ2n) is 5.03. The highest BCUT2D eigenvalue weighted by Gasteiger charge is 2.32. The molecule has 22 heavy (non-hydrogen) atoms. The number of carbonyl (C=O) groups is 2. The van der Waals surface area contributed by atoms with E-state index in [1.807, 2.05) is 0 Å². The van der Waals surface area contributed by atoms with Gasteiger partial charge < -0.3 is 14.7 Å². The van der Waals surface area contributed by atoms with Crippen molar-refractivity contribution in [2.24, 2.45) is 5.92 Å². The Hall–Kier alpha value is -2.25. The molecule has 1 aliphatic heterocycles. The van der Waals surface area contributed by atoms with Gasteiger partial charge in [-0.1, -0.05) is 12.1 Å². The number of rotatable bonds is 4. The molecule has 0 aliphatic carbocycles. The maximum Gasteiger partial charge on any atom is 0.573 e. The molecule has 0 spiro atoms. The van der Waals surface area contributed by atoms with Crippen molar-refractivity contribution >= 4 is 11.9 Å². The van der Waals surface area contributed by atoms with E-state index < -0.39 is 18.2 Å².